The Morgan fingerprint density at radius 3 is 2.59 bits per heavy atom. The molecule has 1 saturated heterocycles. The van der Waals surface area contributed by atoms with Crippen LogP contribution in [0, 0.1) is 5.92 Å². The lowest BCUT2D eigenvalue weighted by molar-refractivity contribution is -0.146. The van der Waals surface area contributed by atoms with Crippen LogP contribution in [0.4, 0.5) is 5.69 Å². The van der Waals surface area contributed by atoms with E-state index in [1.807, 2.05) is 30.3 Å². The van der Waals surface area contributed by atoms with E-state index in [-0.39, 0.29) is 23.2 Å². The van der Waals surface area contributed by atoms with Crippen LogP contribution >= 0.6 is 0 Å². The molecule has 4 rings (SSSR count). The molecule has 2 atom stereocenters. The smallest absolute Gasteiger partial charge is 0.313 e. The van der Waals surface area contributed by atoms with Crippen molar-refractivity contribution in [2.24, 2.45) is 11.7 Å². The summed E-state index contributed by atoms with van der Waals surface area (Å²) in [6, 6.07) is 11.0. The Bertz CT molecular complexity index is 1130. The van der Waals surface area contributed by atoms with Crippen LogP contribution in [0.3, 0.4) is 0 Å². The molecule has 0 unspecified atom stereocenters. The Morgan fingerprint density at radius 2 is 1.91 bits per heavy atom. The molecule has 9 heteroatoms. The number of nitrogens with two attached hydrogens (primary N) is 1. The number of nitrogens with one attached hydrogen (secondary N) is 2. The first-order valence-electron chi connectivity index (χ1n) is 10.4. The van der Waals surface area contributed by atoms with Crippen molar-refractivity contribution in [3.63, 3.8) is 0 Å². The van der Waals surface area contributed by atoms with E-state index in [0.29, 0.717) is 6.54 Å². The molecule has 32 heavy (non-hydrogen) atoms. The molecule has 1 fully saturated rings. The van der Waals surface area contributed by atoms with Crippen molar-refractivity contribution in [3.8, 4) is 11.3 Å². The number of amides is 3. The summed E-state index contributed by atoms with van der Waals surface area (Å²) in [5.41, 5.74) is 8.42. The molecule has 0 radical (unpaired) electrons. The van der Waals surface area contributed by atoms with Crippen LogP contribution in [0.25, 0.3) is 11.3 Å². The minimum Gasteiger partial charge on any atom is -0.366 e. The minimum absolute atomic E-state index is 0.150. The van der Waals surface area contributed by atoms with Gasteiger partial charge in [0, 0.05) is 24.5 Å². The monoisotopic (exact) mass is 432 g/mol. The zero-order valence-electron chi connectivity index (χ0n) is 17.6. The maximum Gasteiger partial charge on any atom is 0.313 e. The molecule has 0 aliphatic carbocycles. The molecule has 0 saturated carbocycles. The third-order valence-corrected chi connectivity index (χ3v) is 5.65. The molecule has 1 aliphatic rings. The first kappa shape index (κ1) is 21.2. The summed E-state index contributed by atoms with van der Waals surface area (Å²) >= 11 is 0. The van der Waals surface area contributed by atoms with Crippen LogP contribution in [0.2, 0.25) is 0 Å². The van der Waals surface area contributed by atoms with E-state index in [1.165, 1.54) is 18.5 Å². The molecule has 1 aliphatic heterocycles. The first-order chi connectivity index (χ1) is 15.4. The van der Waals surface area contributed by atoms with Crippen molar-refractivity contribution in [3.05, 3.63) is 66.1 Å². The SMILES string of the molecule is C[C@H]1CC[C@H](c2ccc(-c3cc[nH]n3)cc2)N(C(=O)C(=O)Nc2cncc(C(N)=O)c2)C1. The van der Waals surface area contributed by atoms with E-state index in [4.69, 9.17) is 5.73 Å². The second-order valence-electron chi connectivity index (χ2n) is 8.02. The second kappa shape index (κ2) is 9.01. The number of hydrogen-bond acceptors (Lipinski definition) is 5. The summed E-state index contributed by atoms with van der Waals surface area (Å²) in [5.74, 6) is -1.78. The molecular weight excluding hydrogens is 408 g/mol. The van der Waals surface area contributed by atoms with Gasteiger partial charge in [0.1, 0.15) is 0 Å². The van der Waals surface area contributed by atoms with Gasteiger partial charge in [-0.3, -0.25) is 24.5 Å². The Morgan fingerprint density at radius 1 is 1.12 bits per heavy atom. The summed E-state index contributed by atoms with van der Waals surface area (Å²) in [7, 11) is 0. The minimum atomic E-state index is -0.777. The molecule has 9 nitrogen and oxygen atoms in total. The van der Waals surface area contributed by atoms with Crippen molar-refractivity contribution < 1.29 is 14.4 Å². The van der Waals surface area contributed by atoms with Gasteiger partial charge in [0.05, 0.1) is 29.2 Å². The standard InChI is InChI=1S/C23H24N6O3/c1-14-2-7-20(16-5-3-15(4-6-16)19-8-9-26-28-19)29(13-14)23(32)22(31)27-18-10-17(21(24)30)11-25-12-18/h3-6,8-12,14,20H,2,7,13H2,1H3,(H2,24,30)(H,26,28)(H,27,31)/t14-,20+/m0/s1. The number of aromatic nitrogens is 3. The van der Waals surface area contributed by atoms with Gasteiger partial charge in [-0.2, -0.15) is 5.10 Å². The van der Waals surface area contributed by atoms with E-state index >= 15 is 0 Å². The number of nitrogens with zero attached hydrogens (tertiary/aromatic N) is 3. The fraction of sp³-hybridized carbons (Fsp3) is 0.261. The summed E-state index contributed by atoms with van der Waals surface area (Å²) in [6.07, 6.45) is 6.15. The van der Waals surface area contributed by atoms with Crippen LogP contribution in [-0.2, 0) is 9.59 Å². The number of carbonyl (C=O) groups is 3. The average Bonchev–Trinajstić information content (AvgIpc) is 3.34. The van der Waals surface area contributed by atoms with Crippen LogP contribution in [0.1, 0.15) is 41.7 Å². The molecule has 4 N–H and O–H groups in total. The number of primary amides is 1. The second-order valence-corrected chi connectivity index (χ2v) is 8.02. The fourth-order valence-electron chi connectivity index (χ4n) is 3.98. The number of hydrogen-bond donors (Lipinski definition) is 3. The lowest BCUT2D eigenvalue weighted by atomic mass is 9.89. The molecule has 2 aromatic heterocycles. The molecule has 3 aromatic rings. The number of anilines is 1. The number of aromatic amines is 1. The Kier molecular flexibility index (Phi) is 5.98. The lowest BCUT2D eigenvalue weighted by Crippen LogP contribution is -2.46. The number of carbonyl (C=O) groups excluding carboxylic acids is 3. The molecule has 1 aromatic carbocycles. The van der Waals surface area contributed by atoms with Crippen LogP contribution < -0.4 is 11.1 Å². The maximum absolute atomic E-state index is 13.1. The van der Waals surface area contributed by atoms with Gasteiger partial charge >= 0.3 is 11.8 Å². The molecule has 164 valence electrons. The largest absolute Gasteiger partial charge is 0.366 e. The zero-order valence-corrected chi connectivity index (χ0v) is 17.6. The van der Waals surface area contributed by atoms with Gasteiger partial charge in [0.2, 0.25) is 5.91 Å². The van der Waals surface area contributed by atoms with E-state index in [2.05, 4.69) is 27.4 Å². The summed E-state index contributed by atoms with van der Waals surface area (Å²) in [6.45, 7) is 2.55. The van der Waals surface area contributed by atoms with E-state index < -0.39 is 17.7 Å². The number of likely N-dealkylation sites (tertiary alicyclic amines) is 1. The topological polar surface area (TPSA) is 134 Å². The van der Waals surface area contributed by atoms with Crippen molar-refractivity contribution in [2.75, 3.05) is 11.9 Å². The number of benzene rings is 1. The summed E-state index contributed by atoms with van der Waals surface area (Å²) < 4.78 is 0. The van der Waals surface area contributed by atoms with Crippen molar-refractivity contribution in [2.45, 2.75) is 25.8 Å². The number of rotatable bonds is 4. The van der Waals surface area contributed by atoms with Crippen LogP contribution in [0.15, 0.2) is 55.0 Å². The van der Waals surface area contributed by atoms with Crippen LogP contribution in [0.5, 0.6) is 0 Å². The Labute approximate surface area is 185 Å². The van der Waals surface area contributed by atoms with Gasteiger partial charge in [-0.1, -0.05) is 31.2 Å². The number of piperidine rings is 1. The number of pyridine rings is 1. The summed E-state index contributed by atoms with van der Waals surface area (Å²) in [4.78, 5) is 42.7. The normalized spacial score (nSPS) is 18.2. The highest BCUT2D eigenvalue weighted by Crippen LogP contribution is 2.34. The average molecular weight is 432 g/mol. The fourth-order valence-corrected chi connectivity index (χ4v) is 3.98. The van der Waals surface area contributed by atoms with Crippen molar-refractivity contribution in [1.29, 1.82) is 0 Å². The number of H-pyrrole nitrogens is 1. The van der Waals surface area contributed by atoms with Gasteiger partial charge in [0.15, 0.2) is 0 Å². The van der Waals surface area contributed by atoms with Crippen molar-refractivity contribution >= 4 is 23.4 Å². The Hall–Kier alpha value is -4.01. The predicted octanol–water partition coefficient (Wildman–Crippen LogP) is 2.51. The molecule has 0 bridgehead atoms. The predicted molar refractivity (Wildman–Crippen MR) is 118 cm³/mol. The zero-order chi connectivity index (χ0) is 22.7. The third kappa shape index (κ3) is 4.51. The first-order valence-corrected chi connectivity index (χ1v) is 10.4. The molecule has 3 amide bonds. The van der Waals surface area contributed by atoms with E-state index in [0.717, 1.165) is 29.7 Å². The highest BCUT2D eigenvalue weighted by atomic mass is 16.2. The van der Waals surface area contributed by atoms with Gasteiger partial charge in [-0.05, 0) is 36.5 Å². The molecule has 3 heterocycles. The van der Waals surface area contributed by atoms with Gasteiger partial charge < -0.3 is 16.0 Å². The quantitative estimate of drug-likeness (QED) is 0.545. The van der Waals surface area contributed by atoms with Crippen LogP contribution in [-0.4, -0.2) is 44.3 Å². The molecular formula is C23H24N6O3. The third-order valence-electron chi connectivity index (χ3n) is 5.65. The highest BCUT2D eigenvalue weighted by Gasteiger charge is 2.34. The van der Waals surface area contributed by atoms with E-state index in [1.54, 1.807) is 11.1 Å². The van der Waals surface area contributed by atoms with Gasteiger partial charge in [-0.15, -0.1) is 0 Å². The van der Waals surface area contributed by atoms with Gasteiger partial charge in [0.25, 0.3) is 0 Å². The summed E-state index contributed by atoms with van der Waals surface area (Å²) in [5, 5.41) is 9.52. The van der Waals surface area contributed by atoms with Crippen molar-refractivity contribution in [1.82, 2.24) is 20.1 Å². The highest BCUT2D eigenvalue weighted by molar-refractivity contribution is 6.39. The molecule has 0 spiro atoms. The van der Waals surface area contributed by atoms with Gasteiger partial charge in [-0.25, -0.2) is 0 Å². The lowest BCUT2D eigenvalue weighted by Gasteiger charge is -2.38. The maximum atomic E-state index is 13.1. The van der Waals surface area contributed by atoms with E-state index in [9.17, 15) is 14.4 Å². The Balaban J connectivity index is 1.52.